The number of nitrogens with zero attached hydrogens (tertiary/aromatic N) is 2. The monoisotopic (exact) mass is 419 g/mol. The third kappa shape index (κ3) is 7.33. The molecule has 1 aromatic rings. The Morgan fingerprint density at radius 1 is 1.29 bits per heavy atom. The number of piperidine rings is 1. The molecule has 1 aliphatic heterocycles. The van der Waals surface area contributed by atoms with Gasteiger partial charge >= 0.3 is 5.97 Å². The lowest BCUT2D eigenvalue weighted by molar-refractivity contribution is -0.138. The summed E-state index contributed by atoms with van der Waals surface area (Å²) in [7, 11) is 1.80. The molecule has 1 fully saturated rings. The van der Waals surface area contributed by atoms with Crippen LogP contribution in [0, 0.1) is 11.6 Å². The lowest BCUT2D eigenvalue weighted by Crippen LogP contribution is -2.48. The Hall–Kier alpha value is -1.77. The summed E-state index contributed by atoms with van der Waals surface area (Å²) in [5.74, 6) is -2.25. The third-order valence-electron chi connectivity index (χ3n) is 4.91. The van der Waals surface area contributed by atoms with Gasteiger partial charge in [0.2, 0.25) is 5.91 Å². The zero-order valence-electron chi connectivity index (χ0n) is 16.2. The first kappa shape index (κ1) is 24.3. The van der Waals surface area contributed by atoms with E-state index in [1.54, 1.807) is 14.0 Å². The van der Waals surface area contributed by atoms with Crippen molar-refractivity contribution >= 4 is 24.3 Å². The van der Waals surface area contributed by atoms with Crippen molar-refractivity contribution < 1.29 is 23.5 Å². The van der Waals surface area contributed by atoms with Crippen molar-refractivity contribution in [2.24, 2.45) is 0 Å². The SMILES string of the molecule is CC(Cc1c(F)cccc1F)NC(=O)CN1CCC(N(C)CC(=O)O)CC1.Cl. The van der Waals surface area contributed by atoms with Gasteiger partial charge in [-0.1, -0.05) is 6.07 Å². The fourth-order valence-electron chi connectivity index (χ4n) is 3.47. The van der Waals surface area contributed by atoms with Crippen LogP contribution in [0.1, 0.15) is 25.3 Å². The summed E-state index contributed by atoms with van der Waals surface area (Å²) in [6, 6.07) is 3.54. The number of benzene rings is 1. The number of hydrogen-bond donors (Lipinski definition) is 2. The molecule has 1 aromatic carbocycles. The molecule has 1 unspecified atom stereocenters. The average molecular weight is 420 g/mol. The van der Waals surface area contributed by atoms with Crippen LogP contribution in [0.5, 0.6) is 0 Å². The zero-order chi connectivity index (χ0) is 20.0. The predicted octanol–water partition coefficient (Wildman–Crippen LogP) is 1.91. The average Bonchev–Trinajstić information content (AvgIpc) is 2.58. The van der Waals surface area contributed by atoms with Gasteiger partial charge in [-0.2, -0.15) is 0 Å². The van der Waals surface area contributed by atoms with Crippen LogP contribution in [0.4, 0.5) is 8.78 Å². The largest absolute Gasteiger partial charge is 0.480 e. The molecule has 2 N–H and O–H groups in total. The number of halogens is 3. The molecule has 2 rings (SSSR count). The summed E-state index contributed by atoms with van der Waals surface area (Å²) in [5, 5.41) is 11.6. The molecule has 0 saturated carbocycles. The van der Waals surface area contributed by atoms with Crippen molar-refractivity contribution in [1.29, 1.82) is 0 Å². The molecule has 1 saturated heterocycles. The normalized spacial score (nSPS) is 16.5. The van der Waals surface area contributed by atoms with E-state index in [0.29, 0.717) is 13.1 Å². The Labute approximate surface area is 170 Å². The minimum atomic E-state index is -0.848. The Kier molecular flexibility index (Phi) is 9.78. The van der Waals surface area contributed by atoms with E-state index in [2.05, 4.69) is 5.32 Å². The van der Waals surface area contributed by atoms with Crippen LogP contribution in [0.2, 0.25) is 0 Å². The van der Waals surface area contributed by atoms with Crippen LogP contribution in [-0.4, -0.2) is 72.1 Å². The van der Waals surface area contributed by atoms with E-state index in [4.69, 9.17) is 5.11 Å². The Balaban J connectivity index is 0.00000392. The molecule has 0 radical (unpaired) electrons. The Morgan fingerprint density at radius 2 is 1.86 bits per heavy atom. The highest BCUT2D eigenvalue weighted by atomic mass is 35.5. The summed E-state index contributed by atoms with van der Waals surface area (Å²) < 4.78 is 27.4. The number of rotatable bonds is 8. The van der Waals surface area contributed by atoms with Gasteiger partial charge in [0.05, 0.1) is 13.1 Å². The van der Waals surface area contributed by atoms with E-state index in [9.17, 15) is 18.4 Å². The molecule has 1 aliphatic rings. The molecule has 0 spiro atoms. The van der Waals surface area contributed by atoms with Gasteiger partial charge in [0.25, 0.3) is 0 Å². The smallest absolute Gasteiger partial charge is 0.317 e. The molecule has 0 aliphatic carbocycles. The van der Waals surface area contributed by atoms with Gasteiger partial charge in [-0.25, -0.2) is 8.78 Å². The summed E-state index contributed by atoms with van der Waals surface area (Å²) in [4.78, 5) is 26.8. The molecule has 0 aromatic heterocycles. The van der Waals surface area contributed by atoms with E-state index in [1.165, 1.54) is 18.2 Å². The van der Waals surface area contributed by atoms with Crippen molar-refractivity contribution in [1.82, 2.24) is 15.1 Å². The summed E-state index contributed by atoms with van der Waals surface area (Å²) in [6.07, 6.45) is 1.69. The number of likely N-dealkylation sites (N-methyl/N-ethyl adjacent to an activating group) is 1. The van der Waals surface area contributed by atoms with Crippen molar-refractivity contribution in [3.8, 4) is 0 Å². The van der Waals surface area contributed by atoms with Crippen LogP contribution in [0.15, 0.2) is 18.2 Å². The van der Waals surface area contributed by atoms with Gasteiger partial charge in [-0.3, -0.25) is 19.4 Å². The highest BCUT2D eigenvalue weighted by Gasteiger charge is 2.25. The minimum absolute atomic E-state index is 0. The maximum absolute atomic E-state index is 13.7. The van der Waals surface area contributed by atoms with Crippen LogP contribution >= 0.6 is 12.4 Å². The fourth-order valence-corrected chi connectivity index (χ4v) is 3.47. The lowest BCUT2D eigenvalue weighted by Gasteiger charge is -2.35. The minimum Gasteiger partial charge on any atom is -0.480 e. The standard InChI is InChI=1S/C19H27F2N3O3.ClH/c1-13(10-15-16(20)4-3-5-17(15)21)22-18(25)11-24-8-6-14(7-9-24)23(2)12-19(26)27;/h3-5,13-14H,6-12H2,1-2H3,(H,22,25)(H,26,27);1H. The molecule has 158 valence electrons. The number of carbonyl (C=O) groups is 2. The van der Waals surface area contributed by atoms with Crippen LogP contribution in [0.3, 0.4) is 0 Å². The van der Waals surface area contributed by atoms with Gasteiger partial charge in [0.15, 0.2) is 0 Å². The van der Waals surface area contributed by atoms with E-state index < -0.39 is 17.6 Å². The quantitative estimate of drug-likeness (QED) is 0.673. The van der Waals surface area contributed by atoms with Gasteiger partial charge in [0, 0.05) is 30.7 Å². The van der Waals surface area contributed by atoms with E-state index in [1.807, 2.05) is 9.80 Å². The van der Waals surface area contributed by atoms with Crippen LogP contribution < -0.4 is 5.32 Å². The molecule has 1 amide bonds. The van der Waals surface area contributed by atoms with E-state index >= 15 is 0 Å². The van der Waals surface area contributed by atoms with E-state index in [0.717, 1.165) is 12.8 Å². The maximum atomic E-state index is 13.7. The molecule has 6 nitrogen and oxygen atoms in total. The number of carboxylic acids is 1. The molecule has 1 heterocycles. The first-order valence-corrected chi connectivity index (χ1v) is 9.13. The molecule has 0 bridgehead atoms. The molecule has 28 heavy (non-hydrogen) atoms. The van der Waals surface area contributed by atoms with Gasteiger partial charge in [-0.05, 0) is 45.4 Å². The number of likely N-dealkylation sites (tertiary alicyclic amines) is 1. The van der Waals surface area contributed by atoms with Crippen molar-refractivity contribution in [3.63, 3.8) is 0 Å². The van der Waals surface area contributed by atoms with Crippen molar-refractivity contribution in [2.75, 3.05) is 33.2 Å². The second-order valence-electron chi connectivity index (χ2n) is 7.19. The molecule has 1 atom stereocenters. The predicted molar refractivity (Wildman–Crippen MR) is 105 cm³/mol. The topological polar surface area (TPSA) is 72.9 Å². The Bertz CT molecular complexity index is 650. The molecular weight excluding hydrogens is 392 g/mol. The second-order valence-corrected chi connectivity index (χ2v) is 7.19. The van der Waals surface area contributed by atoms with Gasteiger partial charge < -0.3 is 10.4 Å². The summed E-state index contributed by atoms with van der Waals surface area (Å²) in [6.45, 7) is 3.36. The maximum Gasteiger partial charge on any atom is 0.317 e. The highest BCUT2D eigenvalue weighted by Crippen LogP contribution is 2.16. The molecular formula is C19H28ClF2N3O3. The zero-order valence-corrected chi connectivity index (χ0v) is 17.0. The number of hydrogen-bond acceptors (Lipinski definition) is 4. The van der Waals surface area contributed by atoms with Crippen LogP contribution in [-0.2, 0) is 16.0 Å². The summed E-state index contributed by atoms with van der Waals surface area (Å²) >= 11 is 0. The van der Waals surface area contributed by atoms with Crippen LogP contribution in [0.25, 0.3) is 0 Å². The number of nitrogens with one attached hydrogen (secondary N) is 1. The highest BCUT2D eigenvalue weighted by molar-refractivity contribution is 5.85. The van der Waals surface area contributed by atoms with E-state index in [-0.39, 0.29) is 55.5 Å². The lowest BCUT2D eigenvalue weighted by atomic mass is 10.0. The number of carboxylic acid groups (broad SMARTS) is 1. The van der Waals surface area contributed by atoms with Crippen molar-refractivity contribution in [3.05, 3.63) is 35.4 Å². The van der Waals surface area contributed by atoms with Crippen molar-refractivity contribution in [2.45, 2.75) is 38.3 Å². The first-order valence-electron chi connectivity index (χ1n) is 9.13. The number of carbonyl (C=O) groups excluding carboxylic acids is 1. The molecule has 9 heteroatoms. The third-order valence-corrected chi connectivity index (χ3v) is 4.91. The van der Waals surface area contributed by atoms with Gasteiger partial charge in [-0.15, -0.1) is 12.4 Å². The van der Waals surface area contributed by atoms with Gasteiger partial charge in [0.1, 0.15) is 11.6 Å². The Morgan fingerprint density at radius 3 is 2.39 bits per heavy atom. The number of amides is 1. The summed E-state index contributed by atoms with van der Waals surface area (Å²) in [5.41, 5.74) is -0.0208. The second kappa shape index (κ2) is 11.3. The number of aliphatic carboxylic acids is 1. The fraction of sp³-hybridized carbons (Fsp3) is 0.579. The first-order chi connectivity index (χ1) is 12.8.